The van der Waals surface area contributed by atoms with Crippen molar-refractivity contribution in [1.29, 1.82) is 0 Å². The highest BCUT2D eigenvalue weighted by Gasteiger charge is 1.99. The molecule has 0 N–H and O–H groups in total. The van der Waals surface area contributed by atoms with E-state index in [0.29, 0.717) is 0 Å². The van der Waals surface area contributed by atoms with Crippen molar-refractivity contribution in [1.82, 2.24) is 4.57 Å². The first kappa shape index (κ1) is 9.00. The van der Waals surface area contributed by atoms with E-state index < -0.39 is 0 Å². The second kappa shape index (κ2) is 3.66. The van der Waals surface area contributed by atoms with Crippen LogP contribution in [0.5, 0.6) is 0 Å². The van der Waals surface area contributed by atoms with Crippen molar-refractivity contribution in [2.75, 3.05) is 0 Å². The first-order valence-corrected chi connectivity index (χ1v) is 4.61. The molecule has 2 heteroatoms. The Morgan fingerprint density at radius 3 is 2.57 bits per heavy atom. The summed E-state index contributed by atoms with van der Waals surface area (Å²) in [5, 5.41) is 0. The minimum atomic E-state index is -0.168. The Morgan fingerprint density at radius 1 is 1.21 bits per heavy atom. The molecule has 0 saturated carbocycles. The second-order valence-electron chi connectivity index (χ2n) is 3.43. The van der Waals surface area contributed by atoms with Crippen LogP contribution in [0.15, 0.2) is 42.7 Å². The molecule has 0 fully saturated rings. The minimum absolute atomic E-state index is 0.168. The quantitative estimate of drug-likeness (QED) is 0.684. The van der Waals surface area contributed by atoms with Crippen molar-refractivity contribution in [3.8, 4) is 0 Å². The monoisotopic (exact) mass is 189 g/mol. The summed E-state index contributed by atoms with van der Waals surface area (Å²) in [5.41, 5.74) is 2.15. The molecule has 0 unspecified atom stereocenters. The smallest absolute Gasteiger partial charge is 0.123 e. The first-order chi connectivity index (χ1) is 6.75. The third-order valence-electron chi connectivity index (χ3n) is 2.32. The van der Waals surface area contributed by atoms with Gasteiger partial charge in [-0.1, -0.05) is 6.07 Å². The number of halogens is 1. The summed E-state index contributed by atoms with van der Waals surface area (Å²) in [5.74, 6) is -0.168. The zero-order valence-corrected chi connectivity index (χ0v) is 8.07. The van der Waals surface area contributed by atoms with Crippen molar-refractivity contribution < 1.29 is 4.39 Å². The average molecular weight is 189 g/mol. The van der Waals surface area contributed by atoms with E-state index in [4.69, 9.17) is 0 Å². The summed E-state index contributed by atoms with van der Waals surface area (Å²) >= 11 is 0. The number of rotatable bonds is 2. The highest BCUT2D eigenvalue weighted by molar-refractivity contribution is 5.26. The van der Waals surface area contributed by atoms with Crippen LogP contribution in [0.1, 0.15) is 11.1 Å². The molecule has 0 saturated heterocycles. The number of hydrogen-bond donors (Lipinski definition) is 0. The Bertz CT molecular complexity index is 418. The number of aryl methyl sites for hydroxylation is 1. The third kappa shape index (κ3) is 1.84. The molecule has 0 aliphatic carbocycles. The van der Waals surface area contributed by atoms with Gasteiger partial charge in [0.2, 0.25) is 0 Å². The van der Waals surface area contributed by atoms with E-state index in [9.17, 15) is 4.39 Å². The molecule has 1 heterocycles. The summed E-state index contributed by atoms with van der Waals surface area (Å²) in [6.07, 6.45) is 4.01. The molecule has 72 valence electrons. The van der Waals surface area contributed by atoms with Gasteiger partial charge in [0.25, 0.3) is 0 Å². The molecule has 1 nitrogen and oxygen atoms in total. The number of aromatic nitrogens is 1. The standard InChI is InChI=1S/C12H12FN/c1-10-8-12(13)5-4-11(10)9-14-6-2-3-7-14/h2-8H,9H2,1H3. The summed E-state index contributed by atoms with van der Waals surface area (Å²) in [4.78, 5) is 0. The fourth-order valence-electron chi connectivity index (χ4n) is 1.51. The summed E-state index contributed by atoms with van der Waals surface area (Å²) in [6, 6.07) is 8.88. The topological polar surface area (TPSA) is 4.93 Å². The Morgan fingerprint density at radius 2 is 1.93 bits per heavy atom. The van der Waals surface area contributed by atoms with E-state index in [0.717, 1.165) is 17.7 Å². The Hall–Kier alpha value is -1.57. The molecule has 0 aliphatic heterocycles. The largest absolute Gasteiger partial charge is 0.350 e. The van der Waals surface area contributed by atoms with Crippen LogP contribution in [0.2, 0.25) is 0 Å². The molecule has 0 amide bonds. The average Bonchev–Trinajstić information content (AvgIpc) is 2.62. The second-order valence-corrected chi connectivity index (χ2v) is 3.43. The molecule has 2 rings (SSSR count). The van der Waals surface area contributed by atoms with Crippen LogP contribution in [0.4, 0.5) is 4.39 Å². The van der Waals surface area contributed by atoms with Gasteiger partial charge in [-0.05, 0) is 42.3 Å². The first-order valence-electron chi connectivity index (χ1n) is 4.61. The van der Waals surface area contributed by atoms with E-state index in [1.165, 1.54) is 6.07 Å². The number of hydrogen-bond acceptors (Lipinski definition) is 0. The van der Waals surface area contributed by atoms with Crippen LogP contribution in [-0.4, -0.2) is 4.57 Å². The molecular formula is C12H12FN. The normalized spacial score (nSPS) is 10.4. The summed E-state index contributed by atoms with van der Waals surface area (Å²) in [6.45, 7) is 2.74. The number of nitrogens with zero attached hydrogens (tertiary/aromatic N) is 1. The Kier molecular flexibility index (Phi) is 2.35. The van der Waals surface area contributed by atoms with Crippen LogP contribution in [-0.2, 0) is 6.54 Å². The fourth-order valence-corrected chi connectivity index (χ4v) is 1.51. The van der Waals surface area contributed by atoms with Crippen LogP contribution < -0.4 is 0 Å². The molecule has 2 aromatic rings. The van der Waals surface area contributed by atoms with Crippen LogP contribution in [0.3, 0.4) is 0 Å². The van der Waals surface area contributed by atoms with E-state index >= 15 is 0 Å². The van der Waals surface area contributed by atoms with Crippen molar-refractivity contribution in [3.05, 3.63) is 59.7 Å². The molecule has 0 atom stereocenters. The van der Waals surface area contributed by atoms with E-state index in [2.05, 4.69) is 4.57 Å². The SMILES string of the molecule is Cc1cc(F)ccc1Cn1cccc1. The van der Waals surface area contributed by atoms with E-state index in [1.54, 1.807) is 6.07 Å². The Labute approximate surface area is 82.8 Å². The zero-order chi connectivity index (χ0) is 9.97. The highest BCUT2D eigenvalue weighted by Crippen LogP contribution is 2.11. The maximum Gasteiger partial charge on any atom is 0.123 e. The highest BCUT2D eigenvalue weighted by atomic mass is 19.1. The van der Waals surface area contributed by atoms with E-state index in [1.807, 2.05) is 37.5 Å². The van der Waals surface area contributed by atoms with Gasteiger partial charge in [-0.15, -0.1) is 0 Å². The van der Waals surface area contributed by atoms with Gasteiger partial charge >= 0.3 is 0 Å². The predicted octanol–water partition coefficient (Wildman–Crippen LogP) is 2.98. The predicted molar refractivity (Wildman–Crippen MR) is 54.7 cm³/mol. The molecule has 0 bridgehead atoms. The summed E-state index contributed by atoms with van der Waals surface area (Å²) < 4.78 is 14.9. The van der Waals surface area contributed by atoms with Gasteiger partial charge < -0.3 is 4.57 Å². The van der Waals surface area contributed by atoms with Gasteiger partial charge in [-0.25, -0.2) is 4.39 Å². The lowest BCUT2D eigenvalue weighted by molar-refractivity contribution is 0.624. The van der Waals surface area contributed by atoms with Gasteiger partial charge in [0.05, 0.1) is 0 Å². The van der Waals surface area contributed by atoms with Crippen molar-refractivity contribution in [3.63, 3.8) is 0 Å². The molecule has 14 heavy (non-hydrogen) atoms. The molecule has 0 aliphatic rings. The minimum Gasteiger partial charge on any atom is -0.350 e. The van der Waals surface area contributed by atoms with Gasteiger partial charge in [-0.2, -0.15) is 0 Å². The summed E-state index contributed by atoms with van der Waals surface area (Å²) in [7, 11) is 0. The van der Waals surface area contributed by atoms with E-state index in [-0.39, 0.29) is 5.82 Å². The maximum atomic E-state index is 12.8. The lowest BCUT2D eigenvalue weighted by atomic mass is 10.1. The van der Waals surface area contributed by atoms with Gasteiger partial charge in [0, 0.05) is 18.9 Å². The Balaban J connectivity index is 2.25. The van der Waals surface area contributed by atoms with Crippen molar-refractivity contribution in [2.24, 2.45) is 0 Å². The third-order valence-corrected chi connectivity index (χ3v) is 2.32. The van der Waals surface area contributed by atoms with Crippen LogP contribution in [0, 0.1) is 12.7 Å². The molecule has 0 radical (unpaired) electrons. The van der Waals surface area contributed by atoms with Gasteiger partial charge in [0.1, 0.15) is 5.82 Å². The molecular weight excluding hydrogens is 177 g/mol. The van der Waals surface area contributed by atoms with Crippen LogP contribution >= 0.6 is 0 Å². The lowest BCUT2D eigenvalue weighted by Crippen LogP contribution is -1.98. The zero-order valence-electron chi connectivity index (χ0n) is 8.07. The maximum absolute atomic E-state index is 12.8. The molecule has 1 aromatic heterocycles. The van der Waals surface area contributed by atoms with Gasteiger partial charge in [-0.3, -0.25) is 0 Å². The molecule has 1 aromatic carbocycles. The molecule has 0 spiro atoms. The lowest BCUT2D eigenvalue weighted by Gasteiger charge is -2.06. The van der Waals surface area contributed by atoms with Crippen LogP contribution in [0.25, 0.3) is 0 Å². The van der Waals surface area contributed by atoms with Gasteiger partial charge in [0.15, 0.2) is 0 Å². The fraction of sp³-hybridized carbons (Fsp3) is 0.167. The van der Waals surface area contributed by atoms with Crippen molar-refractivity contribution >= 4 is 0 Å². The van der Waals surface area contributed by atoms with Crippen molar-refractivity contribution in [2.45, 2.75) is 13.5 Å². The number of benzene rings is 1.